The molecule has 1 saturated heterocycles. The summed E-state index contributed by atoms with van der Waals surface area (Å²) in [5, 5.41) is 18.0. The van der Waals surface area contributed by atoms with E-state index >= 15 is 0 Å². The summed E-state index contributed by atoms with van der Waals surface area (Å²) in [5.74, 6) is 1.42. The maximum absolute atomic E-state index is 11.5. The average Bonchev–Trinajstić information content (AvgIpc) is 2.93. The van der Waals surface area contributed by atoms with Crippen molar-refractivity contribution < 1.29 is 4.79 Å². The van der Waals surface area contributed by atoms with Crippen LogP contribution in [0.1, 0.15) is 19.2 Å². The molecule has 3 rings (SSSR count). The molecule has 2 aromatic rings. The predicted octanol–water partition coefficient (Wildman–Crippen LogP) is 0.677. The Balaban J connectivity index is 1.67. The van der Waals surface area contributed by atoms with Gasteiger partial charge in [0, 0.05) is 12.5 Å². The van der Waals surface area contributed by atoms with Crippen molar-refractivity contribution in [1.29, 1.82) is 0 Å². The van der Waals surface area contributed by atoms with Gasteiger partial charge >= 0.3 is 0 Å². The molecule has 1 fully saturated rings. The smallest absolute Gasteiger partial charge is 0.223 e. The summed E-state index contributed by atoms with van der Waals surface area (Å²) in [4.78, 5) is 11.5. The molecule has 2 unspecified atom stereocenters. The lowest BCUT2D eigenvalue weighted by Gasteiger charge is -2.28. The summed E-state index contributed by atoms with van der Waals surface area (Å²) in [6.45, 7) is 2.00. The largest absolute Gasteiger partial charge is 0.332 e. The molecule has 2 N–H and O–H groups in total. The Morgan fingerprint density at radius 3 is 2.95 bits per heavy atom. The van der Waals surface area contributed by atoms with Crippen LogP contribution < -0.4 is 10.6 Å². The number of carbonyl (C=O) groups is 1. The number of aromatic nitrogens is 4. The van der Waals surface area contributed by atoms with E-state index < -0.39 is 0 Å². The van der Waals surface area contributed by atoms with Crippen molar-refractivity contribution in [1.82, 2.24) is 30.8 Å². The van der Waals surface area contributed by atoms with Crippen molar-refractivity contribution in [2.75, 3.05) is 0 Å². The van der Waals surface area contributed by atoms with Crippen LogP contribution in [-0.4, -0.2) is 37.7 Å². The molecule has 7 nitrogen and oxygen atoms in total. The molecule has 1 aliphatic heterocycles. The number of tetrazole rings is 1. The van der Waals surface area contributed by atoms with Gasteiger partial charge in [0.25, 0.3) is 0 Å². The first-order valence-corrected chi connectivity index (χ1v) is 7.77. The number of amides is 1. The summed E-state index contributed by atoms with van der Waals surface area (Å²) >= 11 is 1.57. The monoisotopic (exact) mass is 304 g/mol. The molecule has 0 saturated carbocycles. The van der Waals surface area contributed by atoms with E-state index in [1.54, 1.807) is 16.4 Å². The first-order chi connectivity index (χ1) is 10.2. The molecule has 2 atom stereocenters. The van der Waals surface area contributed by atoms with Crippen molar-refractivity contribution in [3.05, 3.63) is 36.2 Å². The number of carbonyl (C=O) groups excluding carboxylic acids is 1. The molecule has 1 amide bonds. The molecule has 2 heterocycles. The van der Waals surface area contributed by atoms with Gasteiger partial charge in [0.15, 0.2) is 5.82 Å². The number of hydrogen-bond acceptors (Lipinski definition) is 6. The van der Waals surface area contributed by atoms with E-state index in [9.17, 15) is 4.79 Å². The standard InChI is InChI=1S/C13H16N6OS/c1-9-7-12(20)15-13(14-9)21-8-11-16-17-18-19(11)10-5-3-2-4-6-10/h2-6,9,13-14H,7-8H2,1H3,(H,15,20). The quantitative estimate of drug-likeness (QED) is 0.864. The Morgan fingerprint density at radius 1 is 1.38 bits per heavy atom. The highest BCUT2D eigenvalue weighted by Crippen LogP contribution is 2.18. The fourth-order valence-electron chi connectivity index (χ4n) is 2.16. The van der Waals surface area contributed by atoms with E-state index in [-0.39, 0.29) is 17.4 Å². The van der Waals surface area contributed by atoms with Gasteiger partial charge in [-0.05, 0) is 29.5 Å². The fourth-order valence-corrected chi connectivity index (χ4v) is 3.19. The summed E-state index contributed by atoms with van der Waals surface area (Å²) in [5.41, 5.74) is 0.814. The third-order valence-electron chi connectivity index (χ3n) is 3.13. The van der Waals surface area contributed by atoms with Gasteiger partial charge < -0.3 is 5.32 Å². The normalized spacial score (nSPS) is 22.0. The van der Waals surface area contributed by atoms with Crippen LogP contribution in [-0.2, 0) is 10.5 Å². The zero-order valence-electron chi connectivity index (χ0n) is 11.6. The second-order valence-electron chi connectivity index (χ2n) is 4.87. The minimum Gasteiger partial charge on any atom is -0.332 e. The lowest BCUT2D eigenvalue weighted by molar-refractivity contribution is -0.123. The molecule has 1 aliphatic rings. The van der Waals surface area contributed by atoms with Crippen molar-refractivity contribution in [3.8, 4) is 5.69 Å². The summed E-state index contributed by atoms with van der Waals surface area (Å²) in [6, 6.07) is 9.92. The Morgan fingerprint density at radius 2 is 2.19 bits per heavy atom. The lowest BCUT2D eigenvalue weighted by atomic mass is 10.2. The zero-order valence-corrected chi connectivity index (χ0v) is 12.4. The van der Waals surface area contributed by atoms with Gasteiger partial charge in [0.05, 0.1) is 11.4 Å². The van der Waals surface area contributed by atoms with Crippen LogP contribution in [0.3, 0.4) is 0 Å². The Kier molecular flexibility index (Phi) is 4.16. The van der Waals surface area contributed by atoms with Gasteiger partial charge in [-0.3, -0.25) is 10.1 Å². The van der Waals surface area contributed by atoms with Crippen LogP contribution in [0.5, 0.6) is 0 Å². The van der Waals surface area contributed by atoms with Gasteiger partial charge in [-0.15, -0.1) is 16.9 Å². The summed E-state index contributed by atoms with van der Waals surface area (Å²) < 4.78 is 1.71. The van der Waals surface area contributed by atoms with Crippen LogP contribution >= 0.6 is 11.8 Å². The molecule has 0 aliphatic carbocycles. The van der Waals surface area contributed by atoms with Crippen molar-refractivity contribution in [2.24, 2.45) is 0 Å². The van der Waals surface area contributed by atoms with E-state index in [4.69, 9.17) is 0 Å². The maximum atomic E-state index is 11.5. The molecule has 1 aromatic heterocycles. The average molecular weight is 304 g/mol. The molecular weight excluding hydrogens is 288 g/mol. The van der Waals surface area contributed by atoms with E-state index in [1.807, 2.05) is 37.3 Å². The first kappa shape index (κ1) is 14.0. The molecule has 0 bridgehead atoms. The molecule has 0 spiro atoms. The Hall–Kier alpha value is -1.93. The van der Waals surface area contributed by atoms with Gasteiger partial charge in [-0.25, -0.2) is 0 Å². The number of rotatable bonds is 4. The second kappa shape index (κ2) is 6.23. The van der Waals surface area contributed by atoms with Gasteiger partial charge in [0.1, 0.15) is 5.50 Å². The van der Waals surface area contributed by atoms with E-state index in [2.05, 4.69) is 26.2 Å². The van der Waals surface area contributed by atoms with Gasteiger partial charge in [0.2, 0.25) is 5.91 Å². The summed E-state index contributed by atoms with van der Waals surface area (Å²) in [7, 11) is 0. The molecule has 110 valence electrons. The fraction of sp³-hybridized carbons (Fsp3) is 0.385. The highest BCUT2D eigenvalue weighted by molar-refractivity contribution is 7.99. The van der Waals surface area contributed by atoms with E-state index in [0.29, 0.717) is 12.2 Å². The molecular formula is C13H16N6OS. The zero-order chi connectivity index (χ0) is 14.7. The highest BCUT2D eigenvalue weighted by Gasteiger charge is 2.23. The van der Waals surface area contributed by atoms with Crippen molar-refractivity contribution in [3.63, 3.8) is 0 Å². The SMILES string of the molecule is CC1CC(=O)NC(SCc2nnnn2-c2ccccc2)N1. The van der Waals surface area contributed by atoms with Crippen LogP contribution in [0.15, 0.2) is 30.3 Å². The number of para-hydroxylation sites is 1. The second-order valence-corrected chi connectivity index (χ2v) is 5.97. The third-order valence-corrected chi connectivity index (χ3v) is 4.15. The minimum absolute atomic E-state index is 0.0707. The molecule has 8 heteroatoms. The van der Waals surface area contributed by atoms with Crippen LogP contribution in [0.25, 0.3) is 5.69 Å². The van der Waals surface area contributed by atoms with Crippen LogP contribution in [0, 0.1) is 0 Å². The van der Waals surface area contributed by atoms with Gasteiger partial charge in [-0.1, -0.05) is 18.2 Å². The number of thioether (sulfide) groups is 1. The maximum Gasteiger partial charge on any atom is 0.223 e. The number of nitrogens with zero attached hydrogens (tertiary/aromatic N) is 4. The molecule has 1 aromatic carbocycles. The Labute approximate surface area is 126 Å². The number of nitrogens with one attached hydrogen (secondary N) is 2. The molecule has 0 radical (unpaired) electrons. The third kappa shape index (κ3) is 3.40. The van der Waals surface area contributed by atoms with Crippen LogP contribution in [0.2, 0.25) is 0 Å². The van der Waals surface area contributed by atoms with Crippen molar-refractivity contribution >= 4 is 17.7 Å². The number of benzene rings is 1. The van der Waals surface area contributed by atoms with Crippen molar-refractivity contribution in [2.45, 2.75) is 30.6 Å². The molecule has 21 heavy (non-hydrogen) atoms. The lowest BCUT2D eigenvalue weighted by Crippen LogP contribution is -2.53. The van der Waals surface area contributed by atoms with E-state index in [1.165, 1.54) is 0 Å². The summed E-state index contributed by atoms with van der Waals surface area (Å²) in [6.07, 6.45) is 0.513. The number of hydrogen-bond donors (Lipinski definition) is 2. The Bertz CT molecular complexity index is 616. The first-order valence-electron chi connectivity index (χ1n) is 6.72. The predicted molar refractivity (Wildman–Crippen MR) is 79.6 cm³/mol. The minimum atomic E-state index is -0.109. The van der Waals surface area contributed by atoms with Crippen LogP contribution in [0.4, 0.5) is 0 Å². The highest BCUT2D eigenvalue weighted by atomic mass is 32.2. The topological polar surface area (TPSA) is 84.7 Å². The van der Waals surface area contributed by atoms with E-state index in [0.717, 1.165) is 11.5 Å². The van der Waals surface area contributed by atoms with Gasteiger partial charge in [-0.2, -0.15) is 4.68 Å².